The number of nitrogens with zero attached hydrogens (tertiary/aromatic N) is 2. The van der Waals surface area contributed by atoms with Crippen LogP contribution in [0.3, 0.4) is 0 Å². The molecule has 0 aliphatic carbocycles. The number of carbonyl (C=O) groups excluding carboxylic acids is 2. The summed E-state index contributed by atoms with van der Waals surface area (Å²) in [6.07, 6.45) is 1.77. The molecule has 150 valence electrons. The molecular weight excluding hydrogens is 356 g/mol. The molecule has 0 bridgehead atoms. The monoisotopic (exact) mass is 384 g/mol. The number of aromatic nitrogens is 1. The zero-order valence-electron chi connectivity index (χ0n) is 17.2. The molecule has 0 atom stereocenters. The fraction of sp³-hybridized carbons (Fsp3) is 0.409. The number of benzene rings is 1. The summed E-state index contributed by atoms with van der Waals surface area (Å²) in [4.78, 5) is 29.9. The van der Waals surface area contributed by atoms with Crippen LogP contribution in [-0.2, 0) is 27.3 Å². The second-order valence-electron chi connectivity index (χ2n) is 6.58. The van der Waals surface area contributed by atoms with Crippen LogP contribution < -0.4 is 4.74 Å². The number of hydrogen-bond donors (Lipinski definition) is 0. The Morgan fingerprint density at radius 3 is 2.50 bits per heavy atom. The molecule has 0 saturated heterocycles. The van der Waals surface area contributed by atoms with Gasteiger partial charge >= 0.3 is 5.97 Å². The highest BCUT2D eigenvalue weighted by atomic mass is 16.5. The Kier molecular flexibility index (Phi) is 7.55. The number of ether oxygens (including phenoxy) is 2. The summed E-state index contributed by atoms with van der Waals surface area (Å²) in [6, 6.07) is 7.99. The lowest BCUT2D eigenvalue weighted by atomic mass is 9.96. The molecule has 0 fully saturated rings. The molecule has 0 aliphatic heterocycles. The average molecular weight is 384 g/mol. The molecule has 1 amide bonds. The number of rotatable bonds is 8. The second kappa shape index (κ2) is 9.88. The third-order valence-electron chi connectivity index (χ3n) is 4.49. The van der Waals surface area contributed by atoms with Crippen LogP contribution >= 0.6 is 0 Å². The van der Waals surface area contributed by atoms with E-state index < -0.39 is 0 Å². The molecule has 1 aromatic carbocycles. The Morgan fingerprint density at radius 2 is 1.89 bits per heavy atom. The van der Waals surface area contributed by atoms with Gasteiger partial charge in [0.2, 0.25) is 11.8 Å². The van der Waals surface area contributed by atoms with Crippen LogP contribution in [0.25, 0.3) is 11.1 Å². The van der Waals surface area contributed by atoms with Gasteiger partial charge in [-0.25, -0.2) is 4.98 Å². The smallest absolute Gasteiger partial charge is 0.310 e. The van der Waals surface area contributed by atoms with Crippen molar-refractivity contribution in [2.75, 3.05) is 20.3 Å². The van der Waals surface area contributed by atoms with Crippen molar-refractivity contribution in [3.05, 3.63) is 47.2 Å². The number of carbonyl (C=O) groups is 2. The van der Waals surface area contributed by atoms with Crippen molar-refractivity contribution in [2.24, 2.45) is 0 Å². The van der Waals surface area contributed by atoms with Crippen LogP contribution in [0.1, 0.15) is 37.5 Å². The highest BCUT2D eigenvalue weighted by Crippen LogP contribution is 2.33. The van der Waals surface area contributed by atoms with Gasteiger partial charge in [0, 0.05) is 31.8 Å². The third-order valence-corrected chi connectivity index (χ3v) is 4.49. The predicted octanol–water partition coefficient (Wildman–Crippen LogP) is 3.54. The lowest BCUT2D eigenvalue weighted by molar-refractivity contribution is -0.142. The standard InChI is InChI=1S/C22H28N2O4/c1-6-24(16(4)25)14-18-10-15(3)8-9-19(18)20-11-17(12-21(26)28-7-2)13-23-22(20)27-5/h8-11,13H,6-7,12,14H2,1-5H3. The molecule has 0 unspecified atom stereocenters. The molecule has 1 heterocycles. The van der Waals surface area contributed by atoms with Gasteiger partial charge in [-0.15, -0.1) is 0 Å². The number of amides is 1. The molecule has 2 rings (SSSR count). The first-order chi connectivity index (χ1) is 13.4. The number of pyridine rings is 1. The summed E-state index contributed by atoms with van der Waals surface area (Å²) in [5.41, 5.74) is 4.58. The fourth-order valence-electron chi connectivity index (χ4n) is 3.09. The molecule has 0 spiro atoms. The van der Waals surface area contributed by atoms with E-state index in [9.17, 15) is 9.59 Å². The van der Waals surface area contributed by atoms with E-state index in [1.54, 1.807) is 32.1 Å². The van der Waals surface area contributed by atoms with Gasteiger partial charge in [0.25, 0.3) is 0 Å². The first-order valence-electron chi connectivity index (χ1n) is 9.43. The molecule has 1 aromatic heterocycles. The van der Waals surface area contributed by atoms with Crippen LogP contribution in [0.15, 0.2) is 30.5 Å². The number of hydrogen-bond acceptors (Lipinski definition) is 5. The summed E-state index contributed by atoms with van der Waals surface area (Å²) in [7, 11) is 1.57. The SMILES string of the molecule is CCOC(=O)Cc1cnc(OC)c(-c2ccc(C)cc2CN(CC)C(C)=O)c1. The number of aryl methyl sites for hydroxylation is 1. The molecule has 0 radical (unpaired) electrons. The van der Waals surface area contributed by atoms with Crippen molar-refractivity contribution in [1.29, 1.82) is 0 Å². The van der Waals surface area contributed by atoms with Gasteiger partial charge in [-0.1, -0.05) is 23.8 Å². The van der Waals surface area contributed by atoms with Gasteiger partial charge in [0.15, 0.2) is 0 Å². The zero-order chi connectivity index (χ0) is 20.7. The maximum Gasteiger partial charge on any atom is 0.310 e. The van der Waals surface area contributed by atoms with Crippen molar-refractivity contribution in [1.82, 2.24) is 9.88 Å². The quantitative estimate of drug-likeness (QED) is 0.651. The van der Waals surface area contributed by atoms with Gasteiger partial charge in [-0.3, -0.25) is 9.59 Å². The lowest BCUT2D eigenvalue weighted by Gasteiger charge is -2.22. The molecule has 6 nitrogen and oxygen atoms in total. The number of methoxy groups -OCH3 is 1. The largest absolute Gasteiger partial charge is 0.481 e. The highest BCUT2D eigenvalue weighted by molar-refractivity contribution is 5.77. The number of esters is 1. The molecular formula is C22H28N2O4. The van der Waals surface area contributed by atoms with Gasteiger partial charge in [-0.05, 0) is 43.5 Å². The maximum absolute atomic E-state index is 11.9. The first-order valence-corrected chi connectivity index (χ1v) is 9.43. The minimum atomic E-state index is -0.293. The van der Waals surface area contributed by atoms with E-state index in [0.717, 1.165) is 27.8 Å². The zero-order valence-corrected chi connectivity index (χ0v) is 17.2. The highest BCUT2D eigenvalue weighted by Gasteiger charge is 2.17. The van der Waals surface area contributed by atoms with Crippen molar-refractivity contribution in [2.45, 2.75) is 40.7 Å². The van der Waals surface area contributed by atoms with E-state index in [-0.39, 0.29) is 18.3 Å². The van der Waals surface area contributed by atoms with Gasteiger partial charge in [0.1, 0.15) is 0 Å². The summed E-state index contributed by atoms with van der Waals surface area (Å²) < 4.78 is 10.5. The fourth-order valence-corrected chi connectivity index (χ4v) is 3.09. The summed E-state index contributed by atoms with van der Waals surface area (Å²) in [5, 5.41) is 0. The third kappa shape index (κ3) is 5.31. The Balaban J connectivity index is 2.50. The van der Waals surface area contributed by atoms with E-state index in [1.165, 1.54) is 0 Å². The van der Waals surface area contributed by atoms with E-state index in [0.29, 0.717) is 25.6 Å². The van der Waals surface area contributed by atoms with Gasteiger partial charge < -0.3 is 14.4 Å². The van der Waals surface area contributed by atoms with Gasteiger partial charge in [0.05, 0.1) is 20.1 Å². The Morgan fingerprint density at radius 1 is 1.14 bits per heavy atom. The van der Waals surface area contributed by atoms with E-state index in [2.05, 4.69) is 11.1 Å². The Bertz CT molecular complexity index is 848. The van der Waals surface area contributed by atoms with Crippen molar-refractivity contribution in [3.8, 4) is 17.0 Å². The molecule has 2 aromatic rings. The molecule has 0 saturated carbocycles. The maximum atomic E-state index is 11.9. The minimum absolute atomic E-state index is 0.0242. The van der Waals surface area contributed by atoms with Crippen molar-refractivity contribution < 1.29 is 19.1 Å². The molecule has 0 aliphatic rings. The lowest BCUT2D eigenvalue weighted by Crippen LogP contribution is -2.28. The predicted molar refractivity (Wildman–Crippen MR) is 108 cm³/mol. The first kappa shape index (κ1) is 21.4. The van der Waals surface area contributed by atoms with E-state index in [1.807, 2.05) is 32.0 Å². The normalized spacial score (nSPS) is 10.5. The topological polar surface area (TPSA) is 68.7 Å². The average Bonchev–Trinajstić information content (AvgIpc) is 2.66. The second-order valence-corrected chi connectivity index (χ2v) is 6.58. The van der Waals surface area contributed by atoms with Crippen molar-refractivity contribution >= 4 is 11.9 Å². The Hall–Kier alpha value is -2.89. The minimum Gasteiger partial charge on any atom is -0.481 e. The molecule has 6 heteroatoms. The summed E-state index contributed by atoms with van der Waals surface area (Å²) in [6.45, 7) is 8.79. The Labute approximate surface area is 166 Å². The molecule has 0 N–H and O–H groups in total. The van der Waals surface area contributed by atoms with Crippen LogP contribution in [-0.4, -0.2) is 42.0 Å². The van der Waals surface area contributed by atoms with Crippen LogP contribution in [0.5, 0.6) is 5.88 Å². The van der Waals surface area contributed by atoms with Crippen molar-refractivity contribution in [3.63, 3.8) is 0 Å². The van der Waals surface area contributed by atoms with Crippen LogP contribution in [0.2, 0.25) is 0 Å². The van der Waals surface area contributed by atoms with E-state index >= 15 is 0 Å². The molecule has 28 heavy (non-hydrogen) atoms. The van der Waals surface area contributed by atoms with E-state index in [4.69, 9.17) is 9.47 Å². The van der Waals surface area contributed by atoms with Crippen LogP contribution in [0.4, 0.5) is 0 Å². The van der Waals surface area contributed by atoms with Gasteiger partial charge in [-0.2, -0.15) is 0 Å². The summed E-state index contributed by atoms with van der Waals surface area (Å²) >= 11 is 0. The summed E-state index contributed by atoms with van der Waals surface area (Å²) in [5.74, 6) is 0.206. The van der Waals surface area contributed by atoms with Crippen LogP contribution in [0, 0.1) is 6.92 Å².